The van der Waals surface area contributed by atoms with Crippen molar-refractivity contribution in [1.29, 1.82) is 0 Å². The van der Waals surface area contributed by atoms with Gasteiger partial charge in [0.05, 0.1) is 97.1 Å². The van der Waals surface area contributed by atoms with Crippen LogP contribution >= 0.6 is 15.9 Å². The van der Waals surface area contributed by atoms with Crippen LogP contribution in [0.25, 0.3) is 0 Å². The van der Waals surface area contributed by atoms with E-state index in [-0.39, 0.29) is 85.6 Å². The summed E-state index contributed by atoms with van der Waals surface area (Å²) in [7, 11) is -6.41. The van der Waals surface area contributed by atoms with Crippen LogP contribution in [0.1, 0.15) is 0 Å². The quantitative estimate of drug-likeness (QED) is 0.0161. The molecule has 26 nitrogen and oxygen atoms in total. The van der Waals surface area contributed by atoms with Crippen LogP contribution in [-0.2, 0) is 93.4 Å². The Morgan fingerprint density at radius 2 is 1.16 bits per heavy atom. The van der Waals surface area contributed by atoms with Crippen molar-refractivity contribution < 1.29 is 150 Å². The summed E-state index contributed by atoms with van der Waals surface area (Å²) in [6, 6.07) is -0.907. The Bertz CT molecular complexity index is 1220. The predicted octanol–water partition coefficient (Wildman–Crippen LogP) is -4.22. The first-order chi connectivity index (χ1) is 26.7. The first-order valence-corrected chi connectivity index (χ1v) is 20.5. The monoisotopic (exact) mass is 953 g/mol. The number of urea groups is 1. The van der Waals surface area contributed by atoms with Crippen LogP contribution in [0.4, 0.5) is 4.79 Å². The number of hydrogen-bond donors (Lipinski definition) is 10. The Kier molecular flexibility index (Phi) is 25.3. The van der Waals surface area contributed by atoms with Crippen molar-refractivity contribution in [3.63, 3.8) is 0 Å². The molecule has 3 heterocycles. The first kappa shape index (κ1) is 53.1. The Labute approximate surface area is 352 Å². The molecule has 3 saturated heterocycles. The molecule has 29 heteroatoms. The first-order valence-electron chi connectivity index (χ1n) is 17.3. The second kappa shape index (κ2) is 27.1. The predicted molar refractivity (Wildman–Crippen MR) is 180 cm³/mol. The molecule has 0 aromatic carbocycles. The van der Waals surface area contributed by atoms with Crippen molar-refractivity contribution in [2.45, 2.75) is 61.3 Å². The van der Waals surface area contributed by atoms with Crippen LogP contribution in [0.5, 0.6) is 0 Å². The molecule has 0 spiro atoms. The molecule has 1 radical (unpaired) electrons. The number of carbonyl (C=O) groups excluding carboxylic acids is 1. The van der Waals surface area contributed by atoms with E-state index in [1.165, 1.54) is 6.66 Å². The average Bonchev–Trinajstić information content (AvgIpc) is 3.37. The molecular formula is C28H54N2O24P2Y. The van der Waals surface area contributed by atoms with Gasteiger partial charge in [0.2, 0.25) is 0 Å². The van der Waals surface area contributed by atoms with E-state index >= 15 is 0 Å². The van der Waals surface area contributed by atoms with Crippen LogP contribution in [0, 0.1) is 11.8 Å². The van der Waals surface area contributed by atoms with Crippen LogP contribution in [0.3, 0.4) is 0 Å². The van der Waals surface area contributed by atoms with Gasteiger partial charge >= 0.3 is 21.9 Å². The van der Waals surface area contributed by atoms with Crippen molar-refractivity contribution in [3.8, 4) is 0 Å². The number of carbonyl (C=O) groups is 1. The summed E-state index contributed by atoms with van der Waals surface area (Å²) in [6.07, 6.45) is -14.1. The van der Waals surface area contributed by atoms with Gasteiger partial charge in [-0.15, -0.1) is 0 Å². The van der Waals surface area contributed by atoms with E-state index in [2.05, 4.69) is 9.78 Å². The average molecular weight is 954 g/mol. The fraction of sp³-hybridized carbons (Fsp3) is 0.964. The molecule has 3 aliphatic rings. The minimum Gasteiger partial charge on any atom is -0.394 e. The van der Waals surface area contributed by atoms with Crippen molar-refractivity contribution in [3.05, 3.63) is 0 Å². The maximum atomic E-state index is 12.9. The van der Waals surface area contributed by atoms with E-state index in [4.69, 9.17) is 57.4 Å². The fourth-order valence-corrected chi connectivity index (χ4v) is 7.39. The van der Waals surface area contributed by atoms with E-state index in [1.54, 1.807) is 0 Å². The molecule has 3 aliphatic heterocycles. The zero-order valence-electron chi connectivity index (χ0n) is 30.9. The minimum absolute atomic E-state index is 0. The molecule has 14 atom stereocenters. The van der Waals surface area contributed by atoms with E-state index < -0.39 is 135 Å². The number of aliphatic hydroxyl groups excluding tert-OH is 8. The Morgan fingerprint density at radius 3 is 1.74 bits per heavy atom. The second-order valence-electron chi connectivity index (χ2n) is 12.7. The van der Waals surface area contributed by atoms with Gasteiger partial charge in [0.1, 0.15) is 44.5 Å². The van der Waals surface area contributed by atoms with Gasteiger partial charge in [-0.25, -0.2) is 14.6 Å². The van der Waals surface area contributed by atoms with Crippen molar-refractivity contribution in [1.82, 2.24) is 9.80 Å². The van der Waals surface area contributed by atoms with Gasteiger partial charge in [0.25, 0.3) is 0 Å². The number of amides is 2. The van der Waals surface area contributed by atoms with Gasteiger partial charge in [0.15, 0.2) is 12.5 Å². The molecule has 0 bridgehead atoms. The SMILES string of the molecule is CP(=O)(OCCO)OCCO[PH](=O)OCCOCN1C(=O)N(COCC2OC(COCC3C(CO)OC(COO)C(O)C3O)C(O)C(O)C2COO)C(O)C1O.[Y]. The molecule has 3 fully saturated rings. The molecule has 0 aliphatic carbocycles. The van der Waals surface area contributed by atoms with Crippen molar-refractivity contribution in [2.24, 2.45) is 11.8 Å². The summed E-state index contributed by atoms with van der Waals surface area (Å²) in [5, 5.41) is 99.5. The maximum absolute atomic E-state index is 12.9. The molecule has 10 N–H and O–H groups in total. The van der Waals surface area contributed by atoms with Gasteiger partial charge < -0.3 is 82.6 Å². The topological polar surface area (TPSA) is 362 Å². The number of hydrogen-bond acceptors (Lipinski definition) is 24. The number of rotatable bonds is 27. The minimum atomic E-state index is -3.41. The van der Waals surface area contributed by atoms with Crippen molar-refractivity contribution >= 4 is 21.9 Å². The van der Waals surface area contributed by atoms with E-state index in [1.807, 2.05) is 0 Å². The smallest absolute Gasteiger partial charge is 0.328 e. The van der Waals surface area contributed by atoms with Gasteiger partial charge in [-0.05, 0) is 0 Å². The largest absolute Gasteiger partial charge is 0.394 e. The normalized spacial score (nSPS) is 33.6. The Balaban J connectivity index is 0.0000112. The van der Waals surface area contributed by atoms with Gasteiger partial charge in [-0.3, -0.25) is 29.4 Å². The van der Waals surface area contributed by atoms with Gasteiger partial charge in [-0.1, -0.05) is 0 Å². The molecule has 333 valence electrons. The van der Waals surface area contributed by atoms with Crippen LogP contribution in [0.15, 0.2) is 0 Å². The summed E-state index contributed by atoms with van der Waals surface area (Å²) in [5.41, 5.74) is 0. The third kappa shape index (κ3) is 16.0. The third-order valence-corrected chi connectivity index (χ3v) is 11.1. The van der Waals surface area contributed by atoms with Gasteiger partial charge in [0, 0.05) is 51.2 Å². The second-order valence-corrected chi connectivity index (χ2v) is 15.9. The summed E-state index contributed by atoms with van der Waals surface area (Å²) in [4.78, 5) is 22.6. The van der Waals surface area contributed by atoms with E-state index in [0.717, 1.165) is 9.80 Å². The molecule has 0 saturated carbocycles. The summed E-state index contributed by atoms with van der Waals surface area (Å²) in [5.74, 6) is -2.03. The number of aliphatic hydroxyl groups is 8. The Hall–Kier alpha value is -0.00610. The zero-order chi connectivity index (χ0) is 41.4. The number of nitrogens with zero attached hydrogens (tertiary/aromatic N) is 2. The Morgan fingerprint density at radius 1 is 0.649 bits per heavy atom. The van der Waals surface area contributed by atoms with Gasteiger partial charge in [-0.2, -0.15) is 0 Å². The molecule has 14 unspecified atom stereocenters. The zero-order valence-corrected chi connectivity index (χ0v) is 35.7. The van der Waals surface area contributed by atoms with E-state index in [0.29, 0.717) is 0 Å². The maximum Gasteiger partial charge on any atom is 0.328 e. The van der Waals surface area contributed by atoms with E-state index in [9.17, 15) is 49.7 Å². The van der Waals surface area contributed by atoms with Crippen molar-refractivity contribution in [2.75, 3.05) is 99.4 Å². The molecule has 0 aromatic rings. The molecule has 0 aromatic heterocycles. The molecular weight excluding hydrogens is 899 g/mol. The molecule has 3 rings (SSSR count). The molecule has 57 heavy (non-hydrogen) atoms. The van der Waals surface area contributed by atoms with Crippen LogP contribution in [-0.4, -0.2) is 228 Å². The standard InChI is InChI=1S/C28H54N2O24P2.Y/c1-56(43,51-3-2-31)52-7-6-50-55(42)49-5-4-44-14-29-26(37)27(38)30(28(29)39)15-46-11-19-17(10-47-40)23(34)24(35)20(54-19)12-45-9-16-18(8-32)53-21(13-48-41)25(36)22(16)33;/h16-27,31-38,40-41,55H,2-15H2,1H3;. The molecule has 2 amide bonds. The summed E-state index contributed by atoms with van der Waals surface area (Å²) < 4.78 is 71.3. The fourth-order valence-electron chi connectivity index (χ4n) is 5.91. The summed E-state index contributed by atoms with van der Waals surface area (Å²) >= 11 is 0. The third-order valence-electron chi connectivity index (χ3n) is 8.90. The van der Waals surface area contributed by atoms with Crippen LogP contribution in [0.2, 0.25) is 0 Å². The number of ether oxygens (including phenoxy) is 5. The van der Waals surface area contributed by atoms with Crippen LogP contribution < -0.4 is 0 Å². The summed E-state index contributed by atoms with van der Waals surface area (Å²) in [6.45, 7) is -4.09.